The van der Waals surface area contributed by atoms with E-state index in [1.165, 1.54) is 0 Å². The second-order valence-corrected chi connectivity index (χ2v) is 8.52. The third-order valence-corrected chi connectivity index (χ3v) is 5.98. The largest absolute Gasteiger partial charge is 0.497 e. The monoisotopic (exact) mass is 471 g/mol. The van der Waals surface area contributed by atoms with Crippen LogP contribution in [0.1, 0.15) is 30.7 Å². The number of amides is 1. The van der Waals surface area contributed by atoms with E-state index in [4.69, 9.17) is 14.5 Å². The number of carbonyl (C=O) groups excluding carboxylic acids is 1. The van der Waals surface area contributed by atoms with Crippen molar-refractivity contribution in [2.45, 2.75) is 38.6 Å². The highest BCUT2D eigenvalue weighted by Crippen LogP contribution is 2.18. The fourth-order valence-electron chi connectivity index (χ4n) is 4.14. The van der Waals surface area contributed by atoms with Crippen LogP contribution in [-0.2, 0) is 24.2 Å². The fraction of sp³-hybridized carbons (Fsp3) is 0.310. The van der Waals surface area contributed by atoms with Crippen LogP contribution in [0.3, 0.4) is 0 Å². The maximum Gasteiger partial charge on any atom is 0.224 e. The Morgan fingerprint density at radius 1 is 0.886 bits per heavy atom. The molecule has 4 rings (SSSR count). The van der Waals surface area contributed by atoms with Gasteiger partial charge in [-0.2, -0.15) is 0 Å². The molecule has 1 aromatic heterocycles. The number of para-hydroxylation sites is 3. The van der Waals surface area contributed by atoms with Crippen LogP contribution in [0.4, 0.5) is 0 Å². The lowest BCUT2D eigenvalue weighted by Crippen LogP contribution is -2.26. The molecule has 35 heavy (non-hydrogen) atoms. The molecule has 0 bridgehead atoms. The first-order valence-electron chi connectivity index (χ1n) is 12.2. The van der Waals surface area contributed by atoms with Gasteiger partial charge in [0.1, 0.15) is 23.9 Å². The molecule has 1 amide bonds. The third kappa shape index (κ3) is 7.09. The highest BCUT2D eigenvalue weighted by atomic mass is 16.5. The highest BCUT2D eigenvalue weighted by Gasteiger charge is 2.10. The van der Waals surface area contributed by atoms with Crippen LogP contribution in [0.25, 0.3) is 11.0 Å². The standard InChI is InChI=1S/C29H33N3O3/c1-34-24-17-15-23(16-18-24)22-29(33)30-19-9-3-6-14-28-31-26-12-7-8-13-27(26)32(28)20-21-35-25-10-4-2-5-11-25/h2,4-5,7-8,10-13,15-18H,3,6,9,14,19-22H2,1H3,(H,30,33). The Labute approximate surface area is 206 Å². The number of carbonyl (C=O) groups is 1. The summed E-state index contributed by atoms with van der Waals surface area (Å²) in [5.74, 6) is 2.82. The van der Waals surface area contributed by atoms with E-state index in [1.54, 1.807) is 7.11 Å². The number of benzene rings is 3. The number of aryl methyl sites for hydroxylation is 1. The van der Waals surface area contributed by atoms with Gasteiger partial charge in [-0.1, -0.05) is 48.9 Å². The number of hydrogen-bond acceptors (Lipinski definition) is 4. The quantitative estimate of drug-likeness (QED) is 0.272. The van der Waals surface area contributed by atoms with E-state index in [0.717, 1.165) is 66.1 Å². The average Bonchev–Trinajstić information content (AvgIpc) is 3.24. The van der Waals surface area contributed by atoms with E-state index in [9.17, 15) is 4.79 Å². The summed E-state index contributed by atoms with van der Waals surface area (Å²) in [5, 5.41) is 3.03. The summed E-state index contributed by atoms with van der Waals surface area (Å²) in [6, 6.07) is 25.8. The minimum Gasteiger partial charge on any atom is -0.497 e. The van der Waals surface area contributed by atoms with Crippen LogP contribution >= 0.6 is 0 Å². The van der Waals surface area contributed by atoms with Gasteiger partial charge < -0.3 is 19.4 Å². The zero-order chi connectivity index (χ0) is 24.3. The second kappa shape index (κ2) is 12.6. The van der Waals surface area contributed by atoms with E-state index in [0.29, 0.717) is 19.6 Å². The molecule has 6 nitrogen and oxygen atoms in total. The van der Waals surface area contributed by atoms with Crippen LogP contribution in [0.15, 0.2) is 78.9 Å². The lowest BCUT2D eigenvalue weighted by molar-refractivity contribution is -0.120. The van der Waals surface area contributed by atoms with Gasteiger partial charge in [0.15, 0.2) is 0 Å². The molecule has 0 aliphatic rings. The number of aromatic nitrogens is 2. The van der Waals surface area contributed by atoms with Crippen LogP contribution in [0.2, 0.25) is 0 Å². The number of fused-ring (bicyclic) bond motifs is 1. The van der Waals surface area contributed by atoms with Crippen molar-refractivity contribution in [3.05, 3.63) is 90.3 Å². The van der Waals surface area contributed by atoms with Crippen molar-refractivity contribution in [1.82, 2.24) is 14.9 Å². The molecule has 6 heteroatoms. The van der Waals surface area contributed by atoms with Gasteiger partial charge in [-0.15, -0.1) is 0 Å². The zero-order valence-electron chi connectivity index (χ0n) is 20.3. The molecule has 0 atom stereocenters. The molecule has 0 saturated carbocycles. The number of hydrogen-bond donors (Lipinski definition) is 1. The van der Waals surface area contributed by atoms with Crippen molar-refractivity contribution in [3.8, 4) is 11.5 Å². The second-order valence-electron chi connectivity index (χ2n) is 8.52. The minimum absolute atomic E-state index is 0.0513. The summed E-state index contributed by atoms with van der Waals surface area (Å²) in [6.45, 7) is 2.04. The summed E-state index contributed by atoms with van der Waals surface area (Å²) in [7, 11) is 1.64. The van der Waals surface area contributed by atoms with Gasteiger partial charge in [-0.25, -0.2) is 4.98 Å². The summed E-state index contributed by atoms with van der Waals surface area (Å²) in [4.78, 5) is 17.1. The maximum atomic E-state index is 12.2. The van der Waals surface area contributed by atoms with Crippen molar-refractivity contribution < 1.29 is 14.3 Å². The Balaban J connectivity index is 1.21. The van der Waals surface area contributed by atoms with E-state index in [-0.39, 0.29) is 5.91 Å². The van der Waals surface area contributed by atoms with Gasteiger partial charge in [0.25, 0.3) is 0 Å². The highest BCUT2D eigenvalue weighted by molar-refractivity contribution is 5.78. The molecule has 182 valence electrons. The Hall–Kier alpha value is -3.80. The van der Waals surface area contributed by atoms with E-state index < -0.39 is 0 Å². The molecule has 0 unspecified atom stereocenters. The SMILES string of the molecule is COc1ccc(CC(=O)NCCCCCc2nc3ccccc3n2CCOc2ccccc2)cc1. The van der Waals surface area contributed by atoms with Crippen molar-refractivity contribution >= 4 is 16.9 Å². The lowest BCUT2D eigenvalue weighted by atomic mass is 10.1. The summed E-state index contributed by atoms with van der Waals surface area (Å²) in [6.07, 6.45) is 4.30. The normalized spacial score (nSPS) is 10.9. The number of imidazole rings is 1. The summed E-state index contributed by atoms with van der Waals surface area (Å²) >= 11 is 0. The Bertz CT molecular complexity index is 1200. The molecule has 1 N–H and O–H groups in total. The molecule has 0 aliphatic carbocycles. The van der Waals surface area contributed by atoms with Crippen molar-refractivity contribution in [2.24, 2.45) is 0 Å². The Morgan fingerprint density at radius 3 is 2.46 bits per heavy atom. The number of nitrogens with zero attached hydrogens (tertiary/aromatic N) is 2. The van der Waals surface area contributed by atoms with Gasteiger partial charge in [0.2, 0.25) is 5.91 Å². The summed E-state index contributed by atoms with van der Waals surface area (Å²) < 4.78 is 13.4. The molecular formula is C29H33N3O3. The molecule has 0 aliphatic heterocycles. The fourth-order valence-corrected chi connectivity index (χ4v) is 4.14. The Kier molecular flexibility index (Phi) is 8.76. The average molecular weight is 472 g/mol. The van der Waals surface area contributed by atoms with E-state index >= 15 is 0 Å². The topological polar surface area (TPSA) is 65.4 Å². The van der Waals surface area contributed by atoms with Gasteiger partial charge in [-0.05, 0) is 54.8 Å². The van der Waals surface area contributed by atoms with Gasteiger partial charge in [-0.3, -0.25) is 4.79 Å². The number of nitrogens with one attached hydrogen (secondary N) is 1. The predicted molar refractivity (Wildman–Crippen MR) is 139 cm³/mol. The summed E-state index contributed by atoms with van der Waals surface area (Å²) in [5.41, 5.74) is 3.15. The van der Waals surface area contributed by atoms with Crippen LogP contribution in [0, 0.1) is 0 Å². The molecule has 0 fully saturated rings. The smallest absolute Gasteiger partial charge is 0.224 e. The number of ether oxygens (including phenoxy) is 2. The van der Waals surface area contributed by atoms with Crippen LogP contribution in [0.5, 0.6) is 11.5 Å². The first-order valence-corrected chi connectivity index (χ1v) is 12.2. The van der Waals surface area contributed by atoms with Crippen molar-refractivity contribution in [3.63, 3.8) is 0 Å². The van der Waals surface area contributed by atoms with Gasteiger partial charge in [0.05, 0.1) is 31.1 Å². The van der Waals surface area contributed by atoms with Crippen LogP contribution < -0.4 is 14.8 Å². The Morgan fingerprint density at radius 2 is 1.66 bits per heavy atom. The van der Waals surface area contributed by atoms with Crippen LogP contribution in [-0.4, -0.2) is 35.7 Å². The molecule has 4 aromatic rings. The molecule has 0 radical (unpaired) electrons. The maximum absolute atomic E-state index is 12.2. The molecule has 0 saturated heterocycles. The predicted octanol–water partition coefficient (Wildman–Crippen LogP) is 5.20. The molecule has 1 heterocycles. The lowest BCUT2D eigenvalue weighted by Gasteiger charge is -2.11. The number of unbranched alkanes of at least 4 members (excludes halogenated alkanes) is 2. The van der Waals surface area contributed by atoms with E-state index in [2.05, 4.69) is 28.1 Å². The van der Waals surface area contributed by atoms with Gasteiger partial charge >= 0.3 is 0 Å². The van der Waals surface area contributed by atoms with Crippen molar-refractivity contribution in [2.75, 3.05) is 20.3 Å². The first kappa shape index (κ1) is 24.3. The third-order valence-electron chi connectivity index (χ3n) is 5.98. The van der Waals surface area contributed by atoms with Gasteiger partial charge in [0, 0.05) is 13.0 Å². The molecular weight excluding hydrogens is 438 g/mol. The zero-order valence-corrected chi connectivity index (χ0v) is 20.3. The van der Waals surface area contributed by atoms with E-state index in [1.807, 2.05) is 60.7 Å². The van der Waals surface area contributed by atoms with Crippen molar-refractivity contribution in [1.29, 1.82) is 0 Å². The molecule has 0 spiro atoms. The minimum atomic E-state index is 0.0513. The molecule has 3 aromatic carbocycles. The number of methoxy groups -OCH3 is 1. The number of rotatable bonds is 13. The first-order chi connectivity index (χ1) is 17.2.